The number of rotatable bonds is 6. The van der Waals surface area contributed by atoms with Crippen molar-refractivity contribution in [2.75, 3.05) is 19.9 Å². The van der Waals surface area contributed by atoms with Gasteiger partial charge >= 0.3 is 0 Å². The Kier molecular flexibility index (Phi) is 5.17. The van der Waals surface area contributed by atoms with Crippen molar-refractivity contribution in [3.05, 3.63) is 41.8 Å². The summed E-state index contributed by atoms with van der Waals surface area (Å²) in [6.45, 7) is 0. The Balaban J connectivity index is 2.09. The van der Waals surface area contributed by atoms with Crippen LogP contribution in [-0.4, -0.2) is 40.6 Å². The molecule has 0 spiro atoms. The maximum atomic E-state index is 11.6. The summed E-state index contributed by atoms with van der Waals surface area (Å²) in [7, 11) is 3.25. The minimum absolute atomic E-state index is 0.0627. The van der Waals surface area contributed by atoms with Crippen molar-refractivity contribution in [1.82, 2.24) is 20.1 Å². The van der Waals surface area contributed by atoms with Crippen molar-refractivity contribution in [3.63, 3.8) is 0 Å². The number of benzene rings is 1. The SMILES string of the molecule is CNC(=O)CSc1nnc(-c2cccs2)n1-c1ccccc1OC. The average molecular weight is 360 g/mol. The lowest BCUT2D eigenvalue weighted by Crippen LogP contribution is -2.20. The number of amides is 1. The summed E-state index contributed by atoms with van der Waals surface area (Å²) in [4.78, 5) is 12.6. The van der Waals surface area contributed by atoms with Gasteiger partial charge in [0.05, 0.1) is 23.4 Å². The monoisotopic (exact) mass is 360 g/mol. The van der Waals surface area contributed by atoms with Gasteiger partial charge in [-0.2, -0.15) is 0 Å². The fourth-order valence-corrected chi connectivity index (χ4v) is 3.68. The number of carbonyl (C=O) groups is 1. The molecular formula is C16H16N4O2S2. The molecule has 0 aliphatic rings. The third-order valence-electron chi connectivity index (χ3n) is 3.31. The van der Waals surface area contributed by atoms with E-state index in [1.165, 1.54) is 11.8 Å². The van der Waals surface area contributed by atoms with Crippen LogP contribution in [0.15, 0.2) is 46.9 Å². The summed E-state index contributed by atoms with van der Waals surface area (Å²) >= 11 is 2.93. The van der Waals surface area contributed by atoms with Gasteiger partial charge in [0.15, 0.2) is 11.0 Å². The highest BCUT2D eigenvalue weighted by Gasteiger charge is 2.19. The highest BCUT2D eigenvalue weighted by Crippen LogP contribution is 2.33. The number of methoxy groups -OCH3 is 1. The van der Waals surface area contributed by atoms with Crippen molar-refractivity contribution >= 4 is 29.0 Å². The number of aromatic nitrogens is 3. The van der Waals surface area contributed by atoms with Gasteiger partial charge in [-0.25, -0.2) is 0 Å². The van der Waals surface area contributed by atoms with Crippen LogP contribution in [0.25, 0.3) is 16.4 Å². The zero-order valence-corrected chi connectivity index (χ0v) is 14.9. The van der Waals surface area contributed by atoms with Gasteiger partial charge in [0.2, 0.25) is 5.91 Å². The van der Waals surface area contributed by atoms with E-state index >= 15 is 0 Å². The molecule has 1 aromatic carbocycles. The topological polar surface area (TPSA) is 69.0 Å². The molecule has 2 heterocycles. The molecule has 6 nitrogen and oxygen atoms in total. The first-order valence-corrected chi connectivity index (χ1v) is 9.07. The molecule has 0 saturated carbocycles. The molecule has 3 rings (SSSR count). The molecule has 0 fully saturated rings. The Labute approximate surface area is 147 Å². The molecule has 0 aliphatic carbocycles. The predicted molar refractivity (Wildman–Crippen MR) is 96.0 cm³/mol. The van der Waals surface area contributed by atoms with Crippen LogP contribution in [0.4, 0.5) is 0 Å². The zero-order chi connectivity index (χ0) is 16.9. The lowest BCUT2D eigenvalue weighted by Gasteiger charge is -2.13. The van der Waals surface area contributed by atoms with Crippen molar-refractivity contribution < 1.29 is 9.53 Å². The van der Waals surface area contributed by atoms with Crippen molar-refractivity contribution in [1.29, 1.82) is 0 Å². The lowest BCUT2D eigenvalue weighted by molar-refractivity contribution is -0.118. The van der Waals surface area contributed by atoms with E-state index in [1.807, 2.05) is 46.3 Å². The summed E-state index contributed by atoms with van der Waals surface area (Å²) in [5, 5.41) is 13.9. The largest absolute Gasteiger partial charge is 0.495 e. The van der Waals surface area contributed by atoms with Crippen LogP contribution in [0.3, 0.4) is 0 Å². The van der Waals surface area contributed by atoms with Gasteiger partial charge in [-0.3, -0.25) is 9.36 Å². The number of thioether (sulfide) groups is 1. The highest BCUT2D eigenvalue weighted by molar-refractivity contribution is 7.99. The van der Waals surface area contributed by atoms with Gasteiger partial charge in [0.1, 0.15) is 5.75 Å². The van der Waals surface area contributed by atoms with Gasteiger partial charge in [-0.05, 0) is 23.6 Å². The second kappa shape index (κ2) is 7.50. The number of para-hydroxylation sites is 2. The van der Waals surface area contributed by atoms with Crippen molar-refractivity contribution in [3.8, 4) is 22.1 Å². The Morgan fingerprint density at radius 3 is 2.83 bits per heavy atom. The first-order chi connectivity index (χ1) is 11.7. The molecule has 0 bridgehead atoms. The maximum Gasteiger partial charge on any atom is 0.230 e. The van der Waals surface area contributed by atoms with E-state index in [4.69, 9.17) is 4.74 Å². The Morgan fingerprint density at radius 2 is 2.12 bits per heavy atom. The van der Waals surface area contributed by atoms with Gasteiger partial charge < -0.3 is 10.1 Å². The van der Waals surface area contributed by atoms with Gasteiger partial charge in [0.25, 0.3) is 0 Å². The quantitative estimate of drug-likeness (QED) is 0.685. The molecule has 0 aliphatic heterocycles. The van der Waals surface area contributed by atoms with Crippen molar-refractivity contribution in [2.24, 2.45) is 0 Å². The number of ether oxygens (including phenoxy) is 1. The van der Waals surface area contributed by atoms with Crippen LogP contribution in [0.5, 0.6) is 5.75 Å². The standard InChI is InChI=1S/C16H16N4O2S2/c1-17-14(21)10-24-16-19-18-15(13-8-5-9-23-13)20(16)11-6-3-4-7-12(11)22-2/h3-9H,10H2,1-2H3,(H,17,21). The third kappa shape index (κ3) is 3.29. The van der Waals surface area contributed by atoms with Crippen LogP contribution in [0.1, 0.15) is 0 Å². The van der Waals surface area contributed by atoms with E-state index < -0.39 is 0 Å². The highest BCUT2D eigenvalue weighted by atomic mass is 32.2. The molecule has 0 saturated heterocycles. The normalized spacial score (nSPS) is 10.6. The number of carbonyl (C=O) groups excluding carboxylic acids is 1. The van der Waals surface area contributed by atoms with Crippen LogP contribution in [0, 0.1) is 0 Å². The number of hydrogen-bond donors (Lipinski definition) is 1. The van der Waals surface area contributed by atoms with E-state index in [2.05, 4.69) is 15.5 Å². The number of nitrogens with one attached hydrogen (secondary N) is 1. The molecule has 8 heteroatoms. The molecule has 1 N–H and O–H groups in total. The maximum absolute atomic E-state index is 11.6. The number of thiophene rings is 1. The summed E-state index contributed by atoms with van der Waals surface area (Å²) in [6, 6.07) is 11.6. The lowest BCUT2D eigenvalue weighted by atomic mass is 10.3. The molecular weight excluding hydrogens is 344 g/mol. The van der Waals surface area contributed by atoms with Gasteiger partial charge in [-0.1, -0.05) is 30.0 Å². The molecule has 1 amide bonds. The average Bonchev–Trinajstić information content (AvgIpc) is 3.28. The molecule has 24 heavy (non-hydrogen) atoms. The minimum atomic E-state index is -0.0627. The van der Waals surface area contributed by atoms with E-state index in [1.54, 1.807) is 25.5 Å². The zero-order valence-electron chi connectivity index (χ0n) is 13.2. The minimum Gasteiger partial charge on any atom is -0.495 e. The second-order valence-corrected chi connectivity index (χ2v) is 6.64. The second-order valence-electron chi connectivity index (χ2n) is 4.75. The van der Waals surface area contributed by atoms with Crippen LogP contribution in [0.2, 0.25) is 0 Å². The van der Waals surface area contributed by atoms with E-state index in [9.17, 15) is 4.79 Å². The fourth-order valence-electron chi connectivity index (χ4n) is 2.16. The van der Waals surface area contributed by atoms with E-state index in [0.29, 0.717) is 5.16 Å². The molecule has 3 aromatic rings. The van der Waals surface area contributed by atoms with E-state index in [0.717, 1.165) is 22.1 Å². The van der Waals surface area contributed by atoms with Gasteiger partial charge in [-0.15, -0.1) is 21.5 Å². The Hall–Kier alpha value is -2.32. The summed E-state index contributed by atoms with van der Waals surface area (Å²) < 4.78 is 7.41. The predicted octanol–water partition coefficient (Wildman–Crippen LogP) is 2.84. The fraction of sp³-hybridized carbons (Fsp3) is 0.188. The molecule has 0 unspecified atom stereocenters. The van der Waals surface area contributed by atoms with Crippen LogP contribution >= 0.6 is 23.1 Å². The van der Waals surface area contributed by atoms with Gasteiger partial charge in [0, 0.05) is 7.05 Å². The molecule has 2 aromatic heterocycles. The molecule has 0 radical (unpaired) electrons. The molecule has 0 atom stereocenters. The summed E-state index contributed by atoms with van der Waals surface area (Å²) in [5.41, 5.74) is 0.841. The smallest absolute Gasteiger partial charge is 0.230 e. The summed E-state index contributed by atoms with van der Waals surface area (Å²) in [5.74, 6) is 1.66. The Morgan fingerprint density at radius 1 is 1.29 bits per heavy atom. The third-order valence-corrected chi connectivity index (χ3v) is 5.11. The Bertz CT molecular complexity index is 830. The van der Waals surface area contributed by atoms with E-state index in [-0.39, 0.29) is 11.7 Å². The first-order valence-electron chi connectivity index (χ1n) is 7.20. The van der Waals surface area contributed by atoms with Crippen molar-refractivity contribution in [2.45, 2.75) is 5.16 Å². The number of nitrogens with zero attached hydrogens (tertiary/aromatic N) is 3. The molecule has 124 valence electrons. The van der Waals surface area contributed by atoms with Crippen LogP contribution < -0.4 is 10.1 Å². The summed E-state index contributed by atoms with van der Waals surface area (Å²) in [6.07, 6.45) is 0. The number of hydrogen-bond acceptors (Lipinski definition) is 6. The first kappa shape index (κ1) is 16.5. The van der Waals surface area contributed by atoms with Crippen LogP contribution in [-0.2, 0) is 4.79 Å².